The van der Waals surface area contributed by atoms with E-state index in [-0.39, 0.29) is 11.6 Å². The van der Waals surface area contributed by atoms with E-state index in [1.807, 2.05) is 18.2 Å². The van der Waals surface area contributed by atoms with E-state index in [4.69, 9.17) is 16.3 Å². The summed E-state index contributed by atoms with van der Waals surface area (Å²) in [5.41, 5.74) is 1.89. The van der Waals surface area contributed by atoms with E-state index in [1.165, 1.54) is 0 Å². The lowest BCUT2D eigenvalue weighted by Gasteiger charge is -2.10. The average Bonchev–Trinajstić information content (AvgIpc) is 3.04. The largest absolute Gasteiger partial charge is 0.399 e. The van der Waals surface area contributed by atoms with Crippen LogP contribution in [0.5, 0.6) is 0 Å². The molecule has 6 nitrogen and oxygen atoms in total. The number of nitrogens with zero attached hydrogens (tertiary/aromatic N) is 5. The Morgan fingerprint density at radius 1 is 1.00 bits per heavy atom. The number of nitriles is 5. The minimum atomic E-state index is -1.60. The van der Waals surface area contributed by atoms with Crippen molar-refractivity contribution in [2.75, 3.05) is 0 Å². The van der Waals surface area contributed by atoms with Crippen LogP contribution in [0.2, 0.25) is 0 Å². The topological polar surface area (TPSA) is 145 Å². The fourth-order valence-corrected chi connectivity index (χ4v) is 2.78. The number of hydrogen-bond donors (Lipinski definition) is 1. The molecule has 1 aliphatic carbocycles. The molecule has 2 N–H and O–H groups in total. The molecule has 0 bridgehead atoms. The van der Waals surface area contributed by atoms with Gasteiger partial charge in [0.15, 0.2) is 5.41 Å². The van der Waals surface area contributed by atoms with Crippen molar-refractivity contribution in [3.8, 4) is 30.3 Å². The van der Waals surface area contributed by atoms with Crippen LogP contribution < -0.4 is 5.73 Å². The van der Waals surface area contributed by atoms with E-state index < -0.39 is 22.3 Å². The summed E-state index contributed by atoms with van der Waals surface area (Å²) in [6.45, 7) is 3.53. The zero-order valence-corrected chi connectivity index (χ0v) is 10.5. The summed E-state index contributed by atoms with van der Waals surface area (Å²) in [6, 6.07) is 8.78. The first kappa shape index (κ1) is 14.1. The number of nitrogens with two attached hydrogens (primary N) is 1. The summed E-state index contributed by atoms with van der Waals surface area (Å²) in [5.74, 6) is -0.771. The number of hydrogen-bond acceptors (Lipinski definition) is 6. The van der Waals surface area contributed by atoms with Crippen molar-refractivity contribution in [1.82, 2.24) is 0 Å². The highest BCUT2D eigenvalue weighted by Gasteiger charge is 2.82. The monoisotopic (exact) mass is 250 g/mol. The van der Waals surface area contributed by atoms with Crippen molar-refractivity contribution < 1.29 is 0 Å². The molecule has 0 heterocycles. The Kier molecular flexibility index (Phi) is 3.21. The Bertz CT molecular complexity index is 622. The molecular weight excluding hydrogens is 240 g/mol. The number of allylic oxidation sites excluding steroid dienone is 2. The van der Waals surface area contributed by atoms with Gasteiger partial charge in [-0.3, -0.25) is 0 Å². The van der Waals surface area contributed by atoms with Crippen molar-refractivity contribution in [3.05, 3.63) is 11.3 Å². The molecule has 1 saturated carbocycles. The van der Waals surface area contributed by atoms with E-state index >= 15 is 0 Å². The second kappa shape index (κ2) is 4.34. The van der Waals surface area contributed by atoms with Gasteiger partial charge in [-0.15, -0.1) is 0 Å². The average molecular weight is 250 g/mol. The molecule has 2 atom stereocenters. The van der Waals surface area contributed by atoms with E-state index in [9.17, 15) is 15.8 Å². The van der Waals surface area contributed by atoms with Gasteiger partial charge in [0.2, 0.25) is 0 Å². The predicted molar refractivity (Wildman–Crippen MR) is 62.5 cm³/mol. The second-order valence-electron chi connectivity index (χ2n) is 4.69. The summed E-state index contributed by atoms with van der Waals surface area (Å²) in [7, 11) is 0. The third kappa shape index (κ3) is 1.37. The van der Waals surface area contributed by atoms with Crippen LogP contribution in [0.3, 0.4) is 0 Å². The van der Waals surface area contributed by atoms with Crippen LogP contribution in [0, 0.1) is 79.3 Å². The van der Waals surface area contributed by atoms with Crippen LogP contribution in [0.15, 0.2) is 11.3 Å². The minimum Gasteiger partial charge on any atom is -0.399 e. The maximum absolute atomic E-state index is 9.40. The molecule has 92 valence electrons. The lowest BCUT2D eigenvalue weighted by Crippen LogP contribution is -2.21. The molecule has 0 aliphatic heterocycles. The van der Waals surface area contributed by atoms with E-state index in [0.717, 1.165) is 0 Å². The standard InChI is InChI=1S/C13H10N6/c1-8(2)10-12(5-16,6-17)13(10,7-18)11(19)9(3-14)4-15/h8,10H,19H2,1-2H3. The Morgan fingerprint density at radius 2 is 1.47 bits per heavy atom. The summed E-state index contributed by atoms with van der Waals surface area (Å²) in [4.78, 5) is 0. The molecule has 0 spiro atoms. The van der Waals surface area contributed by atoms with Crippen molar-refractivity contribution >= 4 is 0 Å². The van der Waals surface area contributed by atoms with Gasteiger partial charge in [0.1, 0.15) is 23.1 Å². The van der Waals surface area contributed by atoms with Crippen LogP contribution in [-0.4, -0.2) is 0 Å². The van der Waals surface area contributed by atoms with E-state index in [2.05, 4.69) is 0 Å². The smallest absolute Gasteiger partial charge is 0.173 e. The first-order valence-electron chi connectivity index (χ1n) is 5.47. The zero-order valence-electron chi connectivity index (χ0n) is 10.5. The second-order valence-corrected chi connectivity index (χ2v) is 4.69. The fourth-order valence-electron chi connectivity index (χ4n) is 2.78. The van der Waals surface area contributed by atoms with E-state index in [1.54, 1.807) is 26.0 Å². The molecule has 6 heteroatoms. The fraction of sp³-hybridized carbons (Fsp3) is 0.462. The molecule has 0 aromatic heterocycles. The lowest BCUT2D eigenvalue weighted by atomic mass is 9.90. The third-order valence-corrected chi connectivity index (χ3v) is 3.59. The van der Waals surface area contributed by atoms with Crippen LogP contribution in [0.25, 0.3) is 0 Å². The van der Waals surface area contributed by atoms with Crippen molar-refractivity contribution in [1.29, 1.82) is 26.3 Å². The first-order chi connectivity index (χ1) is 8.93. The van der Waals surface area contributed by atoms with Gasteiger partial charge < -0.3 is 5.73 Å². The Morgan fingerprint density at radius 3 is 1.68 bits per heavy atom. The molecule has 0 aromatic rings. The van der Waals surface area contributed by atoms with Crippen LogP contribution in [0.4, 0.5) is 0 Å². The highest BCUT2D eigenvalue weighted by molar-refractivity contribution is 5.57. The Labute approximate surface area is 111 Å². The molecule has 0 radical (unpaired) electrons. The van der Waals surface area contributed by atoms with Crippen molar-refractivity contribution in [2.24, 2.45) is 28.4 Å². The van der Waals surface area contributed by atoms with Gasteiger partial charge in [0.05, 0.1) is 23.9 Å². The third-order valence-electron chi connectivity index (χ3n) is 3.59. The summed E-state index contributed by atoms with van der Waals surface area (Å²) >= 11 is 0. The molecule has 1 aliphatic rings. The van der Waals surface area contributed by atoms with Gasteiger partial charge in [0.25, 0.3) is 0 Å². The number of rotatable bonds is 2. The summed E-state index contributed by atoms with van der Waals surface area (Å²) < 4.78 is 0. The quantitative estimate of drug-likeness (QED) is 0.725. The lowest BCUT2D eigenvalue weighted by molar-refractivity contribution is 0.488. The maximum Gasteiger partial charge on any atom is 0.173 e. The van der Waals surface area contributed by atoms with Gasteiger partial charge in [-0.25, -0.2) is 0 Å². The Balaban J connectivity index is 3.65. The van der Waals surface area contributed by atoms with Crippen LogP contribution in [0.1, 0.15) is 13.8 Å². The SMILES string of the molecule is CC(C)C1C(C#N)(C#N)C1(C#N)C(N)=C(C#N)C#N. The normalized spacial score (nSPS) is 25.9. The minimum absolute atomic E-state index is 0.156. The van der Waals surface area contributed by atoms with Gasteiger partial charge in [0, 0.05) is 5.92 Å². The van der Waals surface area contributed by atoms with Crippen LogP contribution >= 0.6 is 0 Å². The zero-order chi connectivity index (χ0) is 14.8. The highest BCUT2D eigenvalue weighted by atomic mass is 14.9. The van der Waals surface area contributed by atoms with Gasteiger partial charge in [-0.05, 0) is 5.92 Å². The predicted octanol–water partition coefficient (Wildman–Crippen LogP) is 1.08. The van der Waals surface area contributed by atoms with E-state index in [0.29, 0.717) is 0 Å². The summed E-state index contributed by atoms with van der Waals surface area (Å²) in [6.07, 6.45) is 0. The summed E-state index contributed by atoms with van der Waals surface area (Å²) in [5, 5.41) is 45.6. The van der Waals surface area contributed by atoms with Gasteiger partial charge in [-0.2, -0.15) is 26.3 Å². The maximum atomic E-state index is 9.40. The molecule has 0 saturated heterocycles. The molecule has 0 amide bonds. The molecule has 1 rings (SSSR count). The highest BCUT2D eigenvalue weighted by Crippen LogP contribution is 2.73. The van der Waals surface area contributed by atoms with Gasteiger partial charge in [-0.1, -0.05) is 13.8 Å². The molecule has 0 aromatic carbocycles. The van der Waals surface area contributed by atoms with Crippen molar-refractivity contribution in [2.45, 2.75) is 13.8 Å². The molecule has 1 fully saturated rings. The van der Waals surface area contributed by atoms with Crippen LogP contribution in [-0.2, 0) is 0 Å². The first-order valence-corrected chi connectivity index (χ1v) is 5.47. The molecule has 19 heavy (non-hydrogen) atoms. The van der Waals surface area contributed by atoms with Crippen molar-refractivity contribution in [3.63, 3.8) is 0 Å². The molecule has 2 unspecified atom stereocenters. The Hall–Kier alpha value is -3.01. The molecular formula is C13H10N6. The van der Waals surface area contributed by atoms with Gasteiger partial charge >= 0.3 is 0 Å².